The summed E-state index contributed by atoms with van der Waals surface area (Å²) in [5, 5.41) is 2.92. The number of hydrogen-bond donors (Lipinski definition) is 1. The number of nitrogens with zero attached hydrogens (tertiary/aromatic N) is 1. The number of carbonyl (C=O) groups is 2. The number of rotatable bonds is 7. The number of ether oxygens (including phenoxy) is 2. The predicted molar refractivity (Wildman–Crippen MR) is 91.4 cm³/mol. The summed E-state index contributed by atoms with van der Waals surface area (Å²) in [5.41, 5.74) is 2.31. The molecule has 1 aliphatic heterocycles. The number of aromatic nitrogens is 1. The van der Waals surface area contributed by atoms with Crippen LogP contribution in [0.2, 0.25) is 0 Å². The summed E-state index contributed by atoms with van der Waals surface area (Å²) in [4.78, 5) is 24.9. The Kier molecular flexibility index (Phi) is 6.20. The first-order chi connectivity index (χ1) is 11.5. The van der Waals surface area contributed by atoms with E-state index in [0.717, 1.165) is 25.1 Å². The molecule has 1 unspecified atom stereocenters. The molecule has 1 aromatic rings. The molecular weight excluding hydrogens is 308 g/mol. The molecular formula is C18H26N2O4. The van der Waals surface area contributed by atoms with Crippen molar-refractivity contribution in [1.29, 1.82) is 0 Å². The molecule has 1 aromatic heterocycles. The molecule has 6 nitrogen and oxygen atoms in total. The van der Waals surface area contributed by atoms with E-state index in [9.17, 15) is 9.59 Å². The highest BCUT2D eigenvalue weighted by Gasteiger charge is 2.27. The van der Waals surface area contributed by atoms with Crippen LogP contribution in [-0.4, -0.2) is 42.3 Å². The van der Waals surface area contributed by atoms with Crippen LogP contribution in [0, 0.1) is 13.8 Å². The monoisotopic (exact) mass is 334 g/mol. The molecule has 0 bridgehead atoms. The Bertz CT molecular complexity index is 627. The molecule has 24 heavy (non-hydrogen) atoms. The Balaban J connectivity index is 2.27. The van der Waals surface area contributed by atoms with Gasteiger partial charge in [-0.25, -0.2) is 4.79 Å². The van der Waals surface area contributed by atoms with Gasteiger partial charge in [-0.2, -0.15) is 0 Å². The molecule has 1 aliphatic rings. The number of nitrogens with one attached hydrogen (secondary N) is 1. The molecule has 1 saturated heterocycles. The van der Waals surface area contributed by atoms with Gasteiger partial charge in [0.05, 0.1) is 18.3 Å². The van der Waals surface area contributed by atoms with E-state index in [1.165, 1.54) is 0 Å². The highest BCUT2D eigenvalue weighted by Crippen LogP contribution is 2.23. The lowest BCUT2D eigenvalue weighted by molar-refractivity contribution is 0.0513. The number of carbonyl (C=O) groups excluding carboxylic acids is 2. The van der Waals surface area contributed by atoms with Crippen molar-refractivity contribution in [3.63, 3.8) is 0 Å². The van der Waals surface area contributed by atoms with E-state index in [4.69, 9.17) is 9.47 Å². The molecule has 2 rings (SSSR count). The molecule has 1 fully saturated rings. The summed E-state index contributed by atoms with van der Waals surface area (Å²) in [5.74, 6) is -0.605. The molecule has 0 radical (unpaired) electrons. The topological polar surface area (TPSA) is 69.6 Å². The zero-order chi connectivity index (χ0) is 17.7. The van der Waals surface area contributed by atoms with Gasteiger partial charge in [0.15, 0.2) is 0 Å². The molecule has 0 spiro atoms. The van der Waals surface area contributed by atoms with E-state index in [1.807, 2.05) is 6.92 Å². The highest BCUT2D eigenvalue weighted by molar-refractivity contribution is 6.01. The van der Waals surface area contributed by atoms with Gasteiger partial charge in [-0.05, 0) is 39.2 Å². The van der Waals surface area contributed by atoms with E-state index >= 15 is 0 Å². The van der Waals surface area contributed by atoms with Gasteiger partial charge >= 0.3 is 5.97 Å². The van der Waals surface area contributed by atoms with Crippen LogP contribution in [0.25, 0.3) is 0 Å². The average Bonchev–Trinajstić information content (AvgIpc) is 3.13. The van der Waals surface area contributed by atoms with Crippen molar-refractivity contribution in [2.24, 2.45) is 0 Å². The van der Waals surface area contributed by atoms with E-state index in [0.29, 0.717) is 29.9 Å². The van der Waals surface area contributed by atoms with Crippen molar-refractivity contribution in [3.05, 3.63) is 35.2 Å². The maximum atomic E-state index is 12.6. The lowest BCUT2D eigenvalue weighted by atomic mass is 10.1. The fourth-order valence-corrected chi connectivity index (χ4v) is 3.15. The van der Waals surface area contributed by atoms with Gasteiger partial charge < -0.3 is 19.4 Å². The molecule has 0 aromatic carbocycles. The van der Waals surface area contributed by atoms with Crippen LogP contribution < -0.4 is 5.32 Å². The van der Waals surface area contributed by atoms with Gasteiger partial charge in [-0.3, -0.25) is 4.79 Å². The van der Waals surface area contributed by atoms with Gasteiger partial charge in [0.2, 0.25) is 0 Å². The zero-order valence-corrected chi connectivity index (χ0v) is 14.7. The van der Waals surface area contributed by atoms with Crippen molar-refractivity contribution in [2.45, 2.75) is 46.3 Å². The fourth-order valence-electron chi connectivity index (χ4n) is 3.15. The fraction of sp³-hybridized carbons (Fsp3) is 0.556. The van der Waals surface area contributed by atoms with Gasteiger partial charge in [-0.1, -0.05) is 6.08 Å². The van der Waals surface area contributed by atoms with Crippen LogP contribution >= 0.6 is 0 Å². The molecule has 1 atom stereocenters. The first-order valence-electron chi connectivity index (χ1n) is 8.38. The minimum Gasteiger partial charge on any atom is -0.461 e. The van der Waals surface area contributed by atoms with Crippen LogP contribution in [-0.2, 0) is 16.0 Å². The highest BCUT2D eigenvalue weighted by atomic mass is 16.5. The van der Waals surface area contributed by atoms with E-state index in [2.05, 4.69) is 11.9 Å². The Hall–Kier alpha value is -2.08. The second kappa shape index (κ2) is 8.15. The van der Waals surface area contributed by atoms with E-state index in [1.54, 1.807) is 24.5 Å². The molecule has 0 saturated carbocycles. The Morgan fingerprint density at radius 1 is 1.46 bits per heavy atom. The van der Waals surface area contributed by atoms with Gasteiger partial charge in [0.1, 0.15) is 5.69 Å². The second-order valence-electron chi connectivity index (χ2n) is 5.90. The Labute approximate surface area is 142 Å². The van der Waals surface area contributed by atoms with Crippen LogP contribution in [0.1, 0.15) is 51.9 Å². The summed E-state index contributed by atoms with van der Waals surface area (Å²) in [6, 6.07) is 0. The first kappa shape index (κ1) is 18.3. The number of esters is 1. The second-order valence-corrected chi connectivity index (χ2v) is 5.90. The van der Waals surface area contributed by atoms with Crippen molar-refractivity contribution in [3.8, 4) is 0 Å². The minimum absolute atomic E-state index is 0.0781. The molecule has 1 N–H and O–H groups in total. The molecule has 2 heterocycles. The molecule has 1 amide bonds. The lowest BCUT2D eigenvalue weighted by Crippen LogP contribution is -2.32. The van der Waals surface area contributed by atoms with Crippen LogP contribution in [0.4, 0.5) is 0 Å². The number of allylic oxidation sites excluding steroid dienone is 1. The summed E-state index contributed by atoms with van der Waals surface area (Å²) in [7, 11) is 0. The Morgan fingerprint density at radius 2 is 2.21 bits per heavy atom. The van der Waals surface area contributed by atoms with Crippen LogP contribution in [0.5, 0.6) is 0 Å². The summed E-state index contributed by atoms with van der Waals surface area (Å²) in [6.45, 7) is 11.1. The summed E-state index contributed by atoms with van der Waals surface area (Å²) < 4.78 is 12.4. The van der Waals surface area contributed by atoms with Gasteiger partial charge in [0, 0.05) is 25.4 Å². The third kappa shape index (κ3) is 3.70. The van der Waals surface area contributed by atoms with Crippen LogP contribution in [0.15, 0.2) is 12.7 Å². The third-order valence-corrected chi connectivity index (χ3v) is 4.29. The lowest BCUT2D eigenvalue weighted by Gasteiger charge is -2.11. The van der Waals surface area contributed by atoms with Crippen LogP contribution in [0.3, 0.4) is 0 Å². The quantitative estimate of drug-likeness (QED) is 0.614. The summed E-state index contributed by atoms with van der Waals surface area (Å²) in [6.07, 6.45) is 3.77. The SMILES string of the molecule is C=CCn1c(C)c(C(=O)NCC2CCCO2)c(C)c1C(=O)OCC. The molecule has 0 aliphatic carbocycles. The predicted octanol–water partition coefficient (Wildman–Crippen LogP) is 2.38. The first-order valence-corrected chi connectivity index (χ1v) is 8.38. The van der Waals surface area contributed by atoms with Crippen molar-refractivity contribution >= 4 is 11.9 Å². The van der Waals surface area contributed by atoms with Crippen molar-refractivity contribution < 1.29 is 19.1 Å². The zero-order valence-electron chi connectivity index (χ0n) is 14.7. The summed E-state index contributed by atoms with van der Waals surface area (Å²) >= 11 is 0. The van der Waals surface area contributed by atoms with Gasteiger partial charge in [-0.15, -0.1) is 6.58 Å². The van der Waals surface area contributed by atoms with Crippen molar-refractivity contribution in [1.82, 2.24) is 9.88 Å². The standard InChI is InChI=1S/C18H26N2O4/c1-5-9-20-13(4)15(12(3)16(20)18(22)23-6-2)17(21)19-11-14-8-7-10-24-14/h5,14H,1,6-11H2,2-4H3,(H,19,21). The maximum absolute atomic E-state index is 12.6. The normalized spacial score (nSPS) is 16.9. The molecule has 6 heteroatoms. The third-order valence-electron chi connectivity index (χ3n) is 4.29. The minimum atomic E-state index is -0.418. The van der Waals surface area contributed by atoms with Gasteiger partial charge in [0.25, 0.3) is 5.91 Å². The van der Waals surface area contributed by atoms with Crippen molar-refractivity contribution in [2.75, 3.05) is 19.8 Å². The van der Waals surface area contributed by atoms with E-state index < -0.39 is 5.97 Å². The largest absolute Gasteiger partial charge is 0.461 e. The smallest absolute Gasteiger partial charge is 0.355 e. The van der Waals surface area contributed by atoms with E-state index in [-0.39, 0.29) is 18.6 Å². The Morgan fingerprint density at radius 3 is 2.79 bits per heavy atom. The average molecular weight is 334 g/mol. The maximum Gasteiger partial charge on any atom is 0.355 e. The number of amides is 1. The number of hydrogen-bond acceptors (Lipinski definition) is 4. The molecule has 132 valence electrons.